The number of carbonyl (C=O) groups is 2. The minimum atomic E-state index is -1.07. The van der Waals surface area contributed by atoms with E-state index >= 15 is 0 Å². The number of nitrogens with one attached hydrogen (secondary N) is 1. The van der Waals surface area contributed by atoms with Crippen molar-refractivity contribution < 1.29 is 19.1 Å². The Hall–Kier alpha value is -3.22. The first kappa shape index (κ1) is 14.7. The van der Waals surface area contributed by atoms with Gasteiger partial charge in [-0.2, -0.15) is 0 Å². The number of halogens is 1. The summed E-state index contributed by atoms with van der Waals surface area (Å²) in [5.74, 6) is -1.80. The van der Waals surface area contributed by atoms with Gasteiger partial charge in [0.2, 0.25) is 5.91 Å². The van der Waals surface area contributed by atoms with Gasteiger partial charge in [-0.1, -0.05) is 6.07 Å². The summed E-state index contributed by atoms with van der Waals surface area (Å²) in [6.45, 7) is 0. The molecule has 3 aromatic rings. The number of amides is 1. The number of hydrogen-bond donors (Lipinski definition) is 2. The van der Waals surface area contributed by atoms with Crippen LogP contribution in [0.1, 0.15) is 16.1 Å². The second-order valence-corrected chi connectivity index (χ2v) is 4.96. The third-order valence-corrected chi connectivity index (χ3v) is 3.20. The Balaban J connectivity index is 1.73. The largest absolute Gasteiger partial charge is 0.478 e. The van der Waals surface area contributed by atoms with E-state index in [0.717, 1.165) is 0 Å². The molecule has 0 atom stereocenters. The molecule has 2 N–H and O–H groups in total. The molecule has 0 unspecified atom stereocenters. The van der Waals surface area contributed by atoms with Crippen LogP contribution in [0.3, 0.4) is 0 Å². The molecule has 3 rings (SSSR count). The minimum absolute atomic E-state index is 0.000593. The molecule has 2 heterocycles. The van der Waals surface area contributed by atoms with E-state index in [2.05, 4.69) is 10.3 Å². The summed E-state index contributed by atoms with van der Waals surface area (Å²) in [7, 11) is 0. The third kappa shape index (κ3) is 3.34. The highest BCUT2D eigenvalue weighted by atomic mass is 19.1. The van der Waals surface area contributed by atoms with Crippen LogP contribution < -0.4 is 5.32 Å². The SMILES string of the molecule is O=C(Cc1cn2cc(F)ccc2n1)Nc1cccc(C(=O)O)c1. The van der Waals surface area contributed by atoms with Crippen molar-refractivity contribution in [3.63, 3.8) is 0 Å². The second-order valence-electron chi connectivity index (χ2n) is 4.96. The van der Waals surface area contributed by atoms with E-state index in [1.807, 2.05) is 0 Å². The molecule has 6 nitrogen and oxygen atoms in total. The fourth-order valence-electron chi connectivity index (χ4n) is 2.20. The van der Waals surface area contributed by atoms with Gasteiger partial charge in [0.25, 0.3) is 0 Å². The number of aromatic carboxylic acids is 1. The van der Waals surface area contributed by atoms with Gasteiger partial charge in [-0.25, -0.2) is 14.2 Å². The molecule has 0 fully saturated rings. The summed E-state index contributed by atoms with van der Waals surface area (Å²) in [5.41, 5.74) is 1.51. The first-order chi connectivity index (χ1) is 11.0. The number of nitrogens with zero attached hydrogens (tertiary/aromatic N) is 2. The van der Waals surface area contributed by atoms with E-state index in [4.69, 9.17) is 5.11 Å². The molecule has 0 aliphatic carbocycles. The topological polar surface area (TPSA) is 83.7 Å². The number of fused-ring (bicyclic) bond motifs is 1. The number of hydrogen-bond acceptors (Lipinski definition) is 3. The van der Waals surface area contributed by atoms with Gasteiger partial charge in [0.1, 0.15) is 11.5 Å². The first-order valence-electron chi connectivity index (χ1n) is 6.77. The molecule has 1 amide bonds. The smallest absolute Gasteiger partial charge is 0.335 e. The highest BCUT2D eigenvalue weighted by Gasteiger charge is 2.10. The maximum absolute atomic E-state index is 13.1. The Morgan fingerprint density at radius 2 is 2.04 bits per heavy atom. The van der Waals surface area contributed by atoms with Crippen molar-refractivity contribution in [1.82, 2.24) is 9.38 Å². The Bertz CT molecular complexity index is 904. The predicted molar refractivity (Wildman–Crippen MR) is 80.9 cm³/mol. The molecule has 0 saturated heterocycles. The van der Waals surface area contributed by atoms with Crippen molar-refractivity contribution in [2.24, 2.45) is 0 Å². The molecule has 0 aliphatic heterocycles. The van der Waals surface area contributed by atoms with E-state index in [0.29, 0.717) is 17.0 Å². The molecule has 7 heteroatoms. The van der Waals surface area contributed by atoms with Crippen molar-refractivity contribution in [2.75, 3.05) is 5.32 Å². The molecule has 1 aromatic carbocycles. The predicted octanol–water partition coefficient (Wildman–Crippen LogP) is 2.35. The summed E-state index contributed by atoms with van der Waals surface area (Å²) in [5, 5.41) is 11.5. The van der Waals surface area contributed by atoms with Gasteiger partial charge >= 0.3 is 5.97 Å². The first-order valence-corrected chi connectivity index (χ1v) is 6.77. The number of anilines is 1. The lowest BCUT2D eigenvalue weighted by Gasteiger charge is -2.04. The van der Waals surface area contributed by atoms with Crippen LogP contribution in [-0.4, -0.2) is 26.4 Å². The number of rotatable bonds is 4. The van der Waals surface area contributed by atoms with Crippen LogP contribution in [0.25, 0.3) is 5.65 Å². The van der Waals surface area contributed by atoms with Crippen molar-refractivity contribution in [2.45, 2.75) is 6.42 Å². The lowest BCUT2D eigenvalue weighted by Crippen LogP contribution is -2.15. The summed E-state index contributed by atoms with van der Waals surface area (Å²) in [4.78, 5) is 27.1. The van der Waals surface area contributed by atoms with Gasteiger partial charge in [-0.15, -0.1) is 0 Å². The molecule has 0 aliphatic rings. The van der Waals surface area contributed by atoms with Crippen molar-refractivity contribution in [1.29, 1.82) is 0 Å². The highest BCUT2D eigenvalue weighted by Crippen LogP contribution is 2.12. The second kappa shape index (κ2) is 5.88. The Morgan fingerprint density at radius 3 is 2.83 bits per heavy atom. The normalized spacial score (nSPS) is 10.7. The Morgan fingerprint density at radius 1 is 1.22 bits per heavy atom. The van der Waals surface area contributed by atoms with E-state index in [1.54, 1.807) is 18.3 Å². The van der Waals surface area contributed by atoms with Crippen LogP contribution in [0, 0.1) is 5.82 Å². The van der Waals surface area contributed by atoms with Gasteiger partial charge in [0.15, 0.2) is 0 Å². The Kier molecular flexibility index (Phi) is 3.76. The summed E-state index contributed by atoms with van der Waals surface area (Å²) < 4.78 is 14.6. The lowest BCUT2D eigenvalue weighted by atomic mass is 10.2. The zero-order valence-electron chi connectivity index (χ0n) is 11.9. The standard InChI is InChI=1S/C16H12FN3O3/c17-11-4-5-14-18-13(9-20(14)8-11)7-15(21)19-12-3-1-2-10(6-12)16(22)23/h1-6,8-9H,7H2,(H,19,21)(H,22,23). The number of carboxylic acid groups (broad SMARTS) is 1. The molecule has 0 saturated carbocycles. The molecule has 2 aromatic heterocycles. The average molecular weight is 313 g/mol. The van der Waals surface area contributed by atoms with Crippen LogP contribution in [0.15, 0.2) is 48.8 Å². The lowest BCUT2D eigenvalue weighted by molar-refractivity contribution is -0.115. The van der Waals surface area contributed by atoms with Crippen LogP contribution in [0.4, 0.5) is 10.1 Å². The maximum Gasteiger partial charge on any atom is 0.335 e. The third-order valence-electron chi connectivity index (χ3n) is 3.20. The number of imidazole rings is 1. The van der Waals surface area contributed by atoms with Crippen LogP contribution in [0.5, 0.6) is 0 Å². The maximum atomic E-state index is 13.1. The van der Waals surface area contributed by atoms with Gasteiger partial charge in [0.05, 0.1) is 17.7 Å². The molecule has 0 bridgehead atoms. The van der Waals surface area contributed by atoms with Gasteiger partial charge < -0.3 is 14.8 Å². The van der Waals surface area contributed by atoms with Crippen LogP contribution in [-0.2, 0) is 11.2 Å². The van der Waals surface area contributed by atoms with E-state index in [9.17, 15) is 14.0 Å². The molecular formula is C16H12FN3O3. The molecule has 23 heavy (non-hydrogen) atoms. The number of carbonyl (C=O) groups excluding carboxylic acids is 1. The number of benzene rings is 1. The fourth-order valence-corrected chi connectivity index (χ4v) is 2.20. The molecule has 0 radical (unpaired) electrons. The van der Waals surface area contributed by atoms with E-state index in [-0.39, 0.29) is 17.9 Å². The fraction of sp³-hybridized carbons (Fsp3) is 0.0625. The van der Waals surface area contributed by atoms with Crippen molar-refractivity contribution in [3.05, 3.63) is 65.9 Å². The molecule has 116 valence electrons. The Labute approximate surface area is 130 Å². The zero-order valence-corrected chi connectivity index (χ0v) is 11.9. The zero-order chi connectivity index (χ0) is 16.4. The molecular weight excluding hydrogens is 301 g/mol. The minimum Gasteiger partial charge on any atom is -0.478 e. The van der Waals surface area contributed by atoms with Gasteiger partial charge in [0, 0.05) is 18.1 Å². The molecule has 0 spiro atoms. The highest BCUT2D eigenvalue weighted by molar-refractivity contribution is 5.94. The van der Waals surface area contributed by atoms with Gasteiger partial charge in [-0.05, 0) is 30.3 Å². The quantitative estimate of drug-likeness (QED) is 0.774. The summed E-state index contributed by atoms with van der Waals surface area (Å²) >= 11 is 0. The number of carboxylic acids is 1. The van der Waals surface area contributed by atoms with Crippen LogP contribution in [0.2, 0.25) is 0 Å². The van der Waals surface area contributed by atoms with Crippen LogP contribution >= 0.6 is 0 Å². The van der Waals surface area contributed by atoms with Gasteiger partial charge in [-0.3, -0.25) is 4.79 Å². The number of aromatic nitrogens is 2. The van der Waals surface area contributed by atoms with Crippen molar-refractivity contribution in [3.8, 4) is 0 Å². The monoisotopic (exact) mass is 313 g/mol. The summed E-state index contributed by atoms with van der Waals surface area (Å²) in [6.07, 6.45) is 2.85. The van der Waals surface area contributed by atoms with E-state index < -0.39 is 11.8 Å². The summed E-state index contributed by atoms with van der Waals surface area (Å²) in [6, 6.07) is 8.78. The van der Waals surface area contributed by atoms with E-state index in [1.165, 1.54) is 34.9 Å². The van der Waals surface area contributed by atoms with Crippen molar-refractivity contribution >= 4 is 23.2 Å². The average Bonchev–Trinajstić information content (AvgIpc) is 2.88. The number of pyridine rings is 1.